The quantitative estimate of drug-likeness (QED) is 0.679. The van der Waals surface area contributed by atoms with Crippen LogP contribution in [-0.4, -0.2) is 42.5 Å². The predicted octanol–water partition coefficient (Wildman–Crippen LogP) is 3.35. The highest BCUT2D eigenvalue weighted by Crippen LogP contribution is 2.25. The summed E-state index contributed by atoms with van der Waals surface area (Å²) in [5, 5.41) is 1.11. The van der Waals surface area contributed by atoms with Gasteiger partial charge >= 0.3 is 0 Å². The first-order valence-corrected chi connectivity index (χ1v) is 11.4. The Labute approximate surface area is 177 Å². The fourth-order valence-electron chi connectivity index (χ4n) is 4.12. The minimum Gasteiger partial charge on any atom is -0.338 e. The van der Waals surface area contributed by atoms with Crippen LogP contribution in [-0.2, 0) is 11.2 Å². The number of benzene rings is 2. The standard InChI is InChI=1S/C24H29N3OS/c1-18(24-25-21-10-6-7-11-22(21)29-24)26(2)17-23(28)27-14-12-20(13-15-27)16-19-8-4-3-5-9-19/h3-11,18,20H,12-17H2,1-2H3/p+1/t18-/m0/s1. The highest BCUT2D eigenvalue weighted by Gasteiger charge is 2.27. The summed E-state index contributed by atoms with van der Waals surface area (Å²) < 4.78 is 1.22. The second-order valence-corrected chi connectivity index (χ2v) is 9.34. The molecule has 1 saturated heterocycles. The number of carbonyl (C=O) groups is 1. The van der Waals surface area contributed by atoms with Crippen LogP contribution in [0, 0.1) is 5.92 Å². The number of quaternary nitrogens is 1. The third-order valence-electron chi connectivity index (χ3n) is 6.18. The Morgan fingerprint density at radius 1 is 1.14 bits per heavy atom. The van der Waals surface area contributed by atoms with Crippen molar-refractivity contribution in [3.63, 3.8) is 0 Å². The number of likely N-dealkylation sites (tertiary alicyclic amines) is 1. The summed E-state index contributed by atoms with van der Waals surface area (Å²) in [7, 11) is 2.11. The number of nitrogens with zero attached hydrogens (tertiary/aromatic N) is 2. The van der Waals surface area contributed by atoms with Gasteiger partial charge in [0.2, 0.25) is 0 Å². The topological polar surface area (TPSA) is 37.6 Å². The molecule has 0 radical (unpaired) electrons. The van der Waals surface area contributed by atoms with Crippen molar-refractivity contribution in [1.82, 2.24) is 9.88 Å². The van der Waals surface area contributed by atoms with Crippen molar-refractivity contribution < 1.29 is 9.69 Å². The lowest BCUT2D eigenvalue weighted by atomic mass is 9.90. The Hall–Kier alpha value is -2.24. The zero-order valence-corrected chi connectivity index (χ0v) is 18.1. The minimum absolute atomic E-state index is 0.215. The van der Waals surface area contributed by atoms with Gasteiger partial charge in [0.1, 0.15) is 6.04 Å². The van der Waals surface area contributed by atoms with Gasteiger partial charge in [-0.3, -0.25) is 4.79 Å². The number of thiazole rings is 1. The van der Waals surface area contributed by atoms with E-state index < -0.39 is 0 Å². The maximum Gasteiger partial charge on any atom is 0.277 e. The van der Waals surface area contributed by atoms with Crippen LogP contribution < -0.4 is 4.90 Å². The third-order valence-corrected chi connectivity index (χ3v) is 7.40. The maximum absolute atomic E-state index is 12.9. The molecule has 1 unspecified atom stereocenters. The van der Waals surface area contributed by atoms with E-state index in [0.717, 1.165) is 42.9 Å². The number of likely N-dealkylation sites (N-methyl/N-ethyl adjacent to an activating group) is 1. The molecule has 0 spiro atoms. The van der Waals surface area contributed by atoms with Crippen LogP contribution in [0.2, 0.25) is 0 Å². The Morgan fingerprint density at radius 3 is 2.55 bits per heavy atom. The van der Waals surface area contributed by atoms with Crippen LogP contribution in [0.3, 0.4) is 0 Å². The smallest absolute Gasteiger partial charge is 0.277 e. The average Bonchev–Trinajstić information content (AvgIpc) is 3.18. The van der Waals surface area contributed by atoms with Crippen molar-refractivity contribution in [2.75, 3.05) is 26.7 Å². The molecular formula is C24H30N3OS+. The van der Waals surface area contributed by atoms with Gasteiger partial charge in [0.15, 0.2) is 11.6 Å². The van der Waals surface area contributed by atoms with Crippen molar-refractivity contribution in [1.29, 1.82) is 0 Å². The normalized spacial score (nSPS) is 17.4. The molecule has 1 aliphatic rings. The monoisotopic (exact) mass is 408 g/mol. The third kappa shape index (κ3) is 4.85. The Balaban J connectivity index is 1.28. The Morgan fingerprint density at radius 2 is 1.83 bits per heavy atom. The fraction of sp³-hybridized carbons (Fsp3) is 0.417. The number of fused-ring (bicyclic) bond motifs is 1. The highest BCUT2D eigenvalue weighted by atomic mass is 32.1. The van der Waals surface area contributed by atoms with Gasteiger partial charge in [-0.05, 0) is 49.8 Å². The molecule has 5 heteroatoms. The zero-order chi connectivity index (χ0) is 20.2. The number of carbonyl (C=O) groups excluding carboxylic acids is 1. The van der Waals surface area contributed by atoms with E-state index >= 15 is 0 Å². The lowest BCUT2D eigenvalue weighted by molar-refractivity contribution is -0.902. The van der Waals surface area contributed by atoms with E-state index in [1.807, 2.05) is 6.07 Å². The number of aromatic nitrogens is 1. The van der Waals surface area contributed by atoms with Gasteiger partial charge < -0.3 is 9.80 Å². The molecule has 1 fully saturated rings. The number of amides is 1. The van der Waals surface area contributed by atoms with Crippen LogP contribution in [0.4, 0.5) is 0 Å². The number of para-hydroxylation sites is 1. The first-order chi connectivity index (χ1) is 14.1. The number of piperidine rings is 1. The molecule has 2 heterocycles. The maximum atomic E-state index is 12.9. The van der Waals surface area contributed by atoms with Crippen molar-refractivity contribution in [2.24, 2.45) is 5.92 Å². The van der Waals surface area contributed by atoms with Gasteiger partial charge in [0, 0.05) is 13.1 Å². The first kappa shape index (κ1) is 20.0. The van der Waals surface area contributed by atoms with E-state index in [4.69, 9.17) is 4.98 Å². The molecule has 1 N–H and O–H groups in total. The summed E-state index contributed by atoms with van der Waals surface area (Å²) in [5.74, 6) is 0.960. The molecule has 1 aromatic heterocycles. The van der Waals surface area contributed by atoms with Crippen LogP contribution >= 0.6 is 11.3 Å². The molecule has 2 atom stereocenters. The Kier molecular flexibility index (Phi) is 6.26. The zero-order valence-electron chi connectivity index (χ0n) is 17.3. The Bertz CT molecular complexity index is 914. The fourth-order valence-corrected chi connectivity index (χ4v) is 5.24. The predicted molar refractivity (Wildman–Crippen MR) is 119 cm³/mol. The summed E-state index contributed by atoms with van der Waals surface area (Å²) >= 11 is 1.74. The molecule has 2 aromatic carbocycles. The van der Waals surface area contributed by atoms with Crippen LogP contribution in [0.25, 0.3) is 10.2 Å². The number of nitrogens with one attached hydrogen (secondary N) is 1. The molecule has 3 aromatic rings. The number of rotatable bonds is 6. The molecule has 1 amide bonds. The van der Waals surface area contributed by atoms with E-state index in [1.165, 1.54) is 15.2 Å². The van der Waals surface area contributed by atoms with Crippen LogP contribution in [0.1, 0.15) is 36.4 Å². The van der Waals surface area contributed by atoms with Gasteiger partial charge in [-0.2, -0.15) is 0 Å². The van der Waals surface area contributed by atoms with Gasteiger partial charge in [0.05, 0.1) is 17.3 Å². The van der Waals surface area contributed by atoms with Crippen molar-refractivity contribution >= 4 is 27.5 Å². The van der Waals surface area contributed by atoms with Gasteiger partial charge in [-0.1, -0.05) is 42.5 Å². The lowest BCUT2D eigenvalue weighted by Crippen LogP contribution is -3.10. The summed E-state index contributed by atoms with van der Waals surface area (Å²) in [6.07, 6.45) is 3.34. The van der Waals surface area contributed by atoms with E-state index in [-0.39, 0.29) is 11.9 Å². The molecule has 152 valence electrons. The molecule has 0 bridgehead atoms. The van der Waals surface area contributed by atoms with E-state index in [0.29, 0.717) is 12.5 Å². The largest absolute Gasteiger partial charge is 0.338 e. The molecule has 0 saturated carbocycles. The molecule has 0 aliphatic carbocycles. The second-order valence-electron chi connectivity index (χ2n) is 8.28. The van der Waals surface area contributed by atoms with Crippen molar-refractivity contribution in [3.8, 4) is 0 Å². The van der Waals surface area contributed by atoms with Crippen LogP contribution in [0.15, 0.2) is 54.6 Å². The van der Waals surface area contributed by atoms with E-state index in [1.54, 1.807) is 11.3 Å². The van der Waals surface area contributed by atoms with Gasteiger partial charge in [0.25, 0.3) is 5.91 Å². The highest BCUT2D eigenvalue weighted by molar-refractivity contribution is 7.18. The molecule has 29 heavy (non-hydrogen) atoms. The molecule has 1 aliphatic heterocycles. The van der Waals surface area contributed by atoms with E-state index in [9.17, 15) is 4.79 Å². The van der Waals surface area contributed by atoms with Crippen molar-refractivity contribution in [3.05, 3.63) is 65.2 Å². The summed E-state index contributed by atoms with van der Waals surface area (Å²) in [4.78, 5) is 20.9. The average molecular weight is 409 g/mol. The SMILES string of the molecule is C[C@@H](c1nc2ccccc2s1)[NH+](C)CC(=O)N1CCC(Cc2ccccc2)CC1. The summed E-state index contributed by atoms with van der Waals surface area (Å²) in [5.41, 5.74) is 2.46. The second kappa shape index (κ2) is 9.06. The molecule has 4 rings (SSSR count). The molecule has 4 nitrogen and oxygen atoms in total. The number of hydrogen-bond acceptors (Lipinski definition) is 3. The van der Waals surface area contributed by atoms with Crippen LogP contribution in [0.5, 0.6) is 0 Å². The summed E-state index contributed by atoms with van der Waals surface area (Å²) in [6.45, 7) is 4.48. The summed E-state index contributed by atoms with van der Waals surface area (Å²) in [6, 6.07) is 19.2. The lowest BCUT2D eigenvalue weighted by Gasteiger charge is -2.33. The molecular weight excluding hydrogens is 378 g/mol. The van der Waals surface area contributed by atoms with Gasteiger partial charge in [-0.25, -0.2) is 4.98 Å². The minimum atomic E-state index is 0.215. The van der Waals surface area contributed by atoms with E-state index in [2.05, 4.69) is 67.4 Å². The van der Waals surface area contributed by atoms with Crippen molar-refractivity contribution in [2.45, 2.75) is 32.2 Å². The first-order valence-electron chi connectivity index (χ1n) is 10.6. The number of hydrogen-bond donors (Lipinski definition) is 1. The van der Waals surface area contributed by atoms with Gasteiger partial charge in [-0.15, -0.1) is 11.3 Å².